The molecule has 0 aliphatic heterocycles. The van der Waals surface area contributed by atoms with Crippen LogP contribution in [0.2, 0.25) is 0 Å². The molecule has 0 spiro atoms. The average molecular weight is 316 g/mol. The maximum absolute atomic E-state index is 12.1. The van der Waals surface area contributed by atoms with E-state index in [1.807, 2.05) is 0 Å². The van der Waals surface area contributed by atoms with Crippen molar-refractivity contribution in [3.63, 3.8) is 0 Å². The molecule has 1 rings (SSSR count). The summed E-state index contributed by atoms with van der Waals surface area (Å²) >= 11 is 2.62. The molecule has 88 valence electrons. The van der Waals surface area contributed by atoms with Crippen molar-refractivity contribution in [2.45, 2.75) is 17.3 Å². The maximum atomic E-state index is 12.1. The van der Waals surface area contributed by atoms with Crippen molar-refractivity contribution in [2.75, 3.05) is 0 Å². The zero-order valence-electron chi connectivity index (χ0n) is 7.84. The number of halogens is 4. The molecule has 0 aromatic heterocycles. The van der Waals surface area contributed by atoms with Crippen molar-refractivity contribution >= 4 is 33.4 Å². The Hall–Kier alpha value is -0.760. The highest BCUT2D eigenvalue weighted by molar-refractivity contribution is 9.10. The third kappa shape index (κ3) is 3.11. The Morgan fingerprint density at radius 1 is 1.44 bits per heavy atom. The first-order chi connectivity index (χ1) is 7.22. The Kier molecular flexibility index (Phi) is 3.84. The van der Waals surface area contributed by atoms with Gasteiger partial charge in [0.1, 0.15) is 0 Å². The molecule has 3 nitrogen and oxygen atoms in total. The number of rotatable bonds is 2. The topological polar surface area (TPSA) is 43.1 Å². The molecule has 16 heavy (non-hydrogen) atoms. The number of alkyl halides is 3. The summed E-state index contributed by atoms with van der Waals surface area (Å²) in [6.07, 6.45) is 0. The Bertz CT molecular complexity index is 436. The Morgan fingerprint density at radius 3 is 2.44 bits per heavy atom. The summed E-state index contributed by atoms with van der Waals surface area (Å²) in [5.74, 6) is 0. The molecule has 8 heteroatoms. The molecule has 0 bridgehead atoms. The predicted molar refractivity (Wildman–Crippen MR) is 57.4 cm³/mol. The minimum atomic E-state index is -4.41. The summed E-state index contributed by atoms with van der Waals surface area (Å²) in [7, 11) is 0. The summed E-state index contributed by atoms with van der Waals surface area (Å²) < 4.78 is 36.5. The molecule has 0 saturated carbocycles. The standard InChI is InChI=1S/C8H5BrF3NO2S/c1-4-5(13(14)15)2-3-6(7(4)9)16-8(10,11)12/h2-3H,1H3. The number of nitrogens with zero attached hydrogens (tertiary/aromatic N) is 1. The fraction of sp³-hybridized carbons (Fsp3) is 0.250. The summed E-state index contributed by atoms with van der Waals surface area (Å²) in [6.45, 7) is 1.39. The number of hydrogen-bond acceptors (Lipinski definition) is 3. The lowest BCUT2D eigenvalue weighted by Gasteiger charge is -2.09. The molecule has 0 unspecified atom stereocenters. The molecule has 0 amide bonds. The van der Waals surface area contributed by atoms with Gasteiger partial charge in [0.15, 0.2) is 0 Å². The second-order valence-electron chi connectivity index (χ2n) is 2.83. The van der Waals surface area contributed by atoms with Crippen LogP contribution >= 0.6 is 27.7 Å². The highest BCUT2D eigenvalue weighted by Gasteiger charge is 2.31. The van der Waals surface area contributed by atoms with Gasteiger partial charge in [-0.3, -0.25) is 10.1 Å². The minimum Gasteiger partial charge on any atom is -0.258 e. The van der Waals surface area contributed by atoms with Gasteiger partial charge in [-0.15, -0.1) is 0 Å². The lowest BCUT2D eigenvalue weighted by atomic mass is 10.2. The number of nitro groups is 1. The molecule has 0 atom stereocenters. The molecule has 0 saturated heterocycles. The summed E-state index contributed by atoms with van der Waals surface area (Å²) in [5.41, 5.74) is -4.44. The molecular formula is C8H5BrF3NO2S. The number of hydrogen-bond donors (Lipinski definition) is 0. The molecule has 0 fully saturated rings. The van der Waals surface area contributed by atoms with Gasteiger partial charge in [-0.05, 0) is 40.7 Å². The fourth-order valence-corrected chi connectivity index (χ4v) is 2.26. The van der Waals surface area contributed by atoms with Crippen LogP contribution in [0.25, 0.3) is 0 Å². The van der Waals surface area contributed by atoms with E-state index in [4.69, 9.17) is 0 Å². The summed E-state index contributed by atoms with van der Waals surface area (Å²) in [6, 6.07) is 2.14. The highest BCUT2D eigenvalue weighted by atomic mass is 79.9. The van der Waals surface area contributed by atoms with E-state index in [1.165, 1.54) is 6.92 Å². The van der Waals surface area contributed by atoms with Crippen LogP contribution < -0.4 is 0 Å². The quantitative estimate of drug-likeness (QED) is 0.465. The molecule has 0 heterocycles. The molecular weight excluding hydrogens is 311 g/mol. The van der Waals surface area contributed by atoms with E-state index in [0.29, 0.717) is 0 Å². The van der Waals surface area contributed by atoms with Gasteiger partial charge in [-0.25, -0.2) is 0 Å². The second kappa shape index (κ2) is 4.62. The summed E-state index contributed by atoms with van der Waals surface area (Å²) in [4.78, 5) is 9.80. The first kappa shape index (κ1) is 13.3. The fourth-order valence-electron chi connectivity index (χ4n) is 1.05. The Balaban J connectivity index is 3.17. The normalized spacial score (nSPS) is 11.6. The van der Waals surface area contributed by atoms with Crippen molar-refractivity contribution in [3.05, 3.63) is 32.3 Å². The zero-order valence-corrected chi connectivity index (χ0v) is 10.2. The highest BCUT2D eigenvalue weighted by Crippen LogP contribution is 2.42. The molecule has 0 aliphatic carbocycles. The van der Waals surface area contributed by atoms with Crippen LogP contribution in [0, 0.1) is 17.0 Å². The maximum Gasteiger partial charge on any atom is 0.446 e. The lowest BCUT2D eigenvalue weighted by molar-refractivity contribution is -0.385. The smallest absolute Gasteiger partial charge is 0.258 e. The zero-order chi connectivity index (χ0) is 12.5. The van der Waals surface area contributed by atoms with Crippen LogP contribution in [0.4, 0.5) is 18.9 Å². The van der Waals surface area contributed by atoms with Crippen LogP contribution in [0.15, 0.2) is 21.5 Å². The molecule has 0 N–H and O–H groups in total. The molecule has 0 radical (unpaired) electrons. The number of thioether (sulfide) groups is 1. The van der Waals surface area contributed by atoms with Gasteiger partial charge in [0, 0.05) is 21.0 Å². The van der Waals surface area contributed by atoms with Crippen LogP contribution in [0.3, 0.4) is 0 Å². The lowest BCUT2D eigenvalue weighted by Crippen LogP contribution is -2.01. The van der Waals surface area contributed by atoms with E-state index in [-0.39, 0.29) is 32.4 Å². The van der Waals surface area contributed by atoms with E-state index in [2.05, 4.69) is 15.9 Å². The van der Waals surface area contributed by atoms with Crippen molar-refractivity contribution in [3.8, 4) is 0 Å². The third-order valence-electron chi connectivity index (χ3n) is 1.74. The van der Waals surface area contributed by atoms with Gasteiger partial charge < -0.3 is 0 Å². The van der Waals surface area contributed by atoms with E-state index in [1.54, 1.807) is 0 Å². The van der Waals surface area contributed by atoms with Gasteiger partial charge in [-0.2, -0.15) is 13.2 Å². The van der Waals surface area contributed by atoms with Crippen molar-refractivity contribution in [1.29, 1.82) is 0 Å². The van der Waals surface area contributed by atoms with Crippen molar-refractivity contribution in [1.82, 2.24) is 0 Å². The predicted octanol–water partition coefficient (Wildman–Crippen LogP) is 4.28. The molecule has 1 aromatic rings. The Morgan fingerprint density at radius 2 is 2.00 bits per heavy atom. The van der Waals surface area contributed by atoms with E-state index in [0.717, 1.165) is 12.1 Å². The summed E-state index contributed by atoms with van der Waals surface area (Å²) in [5, 5.41) is 10.5. The first-order valence-electron chi connectivity index (χ1n) is 3.91. The Labute approximate surface area is 101 Å². The average Bonchev–Trinajstić information content (AvgIpc) is 2.10. The van der Waals surface area contributed by atoms with E-state index in [9.17, 15) is 23.3 Å². The monoisotopic (exact) mass is 315 g/mol. The van der Waals surface area contributed by atoms with Gasteiger partial charge in [0.2, 0.25) is 0 Å². The van der Waals surface area contributed by atoms with Crippen LogP contribution in [-0.2, 0) is 0 Å². The van der Waals surface area contributed by atoms with Crippen LogP contribution in [0.1, 0.15) is 5.56 Å². The van der Waals surface area contributed by atoms with Crippen LogP contribution in [0.5, 0.6) is 0 Å². The number of benzene rings is 1. The second-order valence-corrected chi connectivity index (χ2v) is 4.73. The van der Waals surface area contributed by atoms with E-state index >= 15 is 0 Å². The van der Waals surface area contributed by atoms with Gasteiger partial charge in [0.25, 0.3) is 5.69 Å². The van der Waals surface area contributed by atoms with Crippen molar-refractivity contribution in [2.24, 2.45) is 0 Å². The molecule has 1 aromatic carbocycles. The third-order valence-corrected chi connectivity index (χ3v) is 3.82. The van der Waals surface area contributed by atoms with Gasteiger partial charge >= 0.3 is 5.51 Å². The van der Waals surface area contributed by atoms with Gasteiger partial charge in [-0.1, -0.05) is 0 Å². The SMILES string of the molecule is Cc1c([N+](=O)[O-])ccc(SC(F)(F)F)c1Br. The number of nitro benzene ring substituents is 1. The first-order valence-corrected chi connectivity index (χ1v) is 5.52. The largest absolute Gasteiger partial charge is 0.446 e. The van der Waals surface area contributed by atoms with Crippen LogP contribution in [-0.4, -0.2) is 10.4 Å². The van der Waals surface area contributed by atoms with Crippen molar-refractivity contribution < 1.29 is 18.1 Å². The minimum absolute atomic E-state index is 0.0874. The molecule has 0 aliphatic rings. The van der Waals surface area contributed by atoms with Gasteiger partial charge in [0.05, 0.1) is 4.92 Å². The van der Waals surface area contributed by atoms with E-state index < -0.39 is 10.4 Å².